The molecule has 5 nitrogen and oxygen atoms in total. The number of carbonyl (C=O) groups excluding carboxylic acids is 2. The highest BCUT2D eigenvalue weighted by Crippen LogP contribution is 2.39. The van der Waals surface area contributed by atoms with E-state index in [4.69, 9.17) is 5.26 Å². The first-order chi connectivity index (χ1) is 13.0. The molecule has 0 saturated heterocycles. The van der Waals surface area contributed by atoms with Gasteiger partial charge in [-0.3, -0.25) is 9.59 Å². The molecule has 0 aliphatic carbocycles. The normalized spacial score (nSPS) is 14.1. The fraction of sp³-hybridized carbons (Fsp3) is 0.190. The van der Waals surface area contributed by atoms with E-state index in [1.54, 1.807) is 24.3 Å². The summed E-state index contributed by atoms with van der Waals surface area (Å²) in [6, 6.07) is 14.1. The van der Waals surface area contributed by atoms with E-state index in [0.29, 0.717) is 27.5 Å². The standard InChI is InChI=1S/C21H18N2O3S/c1-13-3-8-17(14(2)11-13)18-19(27-10-9-24)21(26)23(20(18)25)16-6-4-15(12-22)5-7-16/h3-8,11,24H,9-10H2,1-2H3. The number of imide groups is 1. The monoisotopic (exact) mass is 378 g/mol. The van der Waals surface area contributed by atoms with Crippen molar-refractivity contribution in [3.05, 3.63) is 69.6 Å². The van der Waals surface area contributed by atoms with Crippen LogP contribution in [-0.2, 0) is 9.59 Å². The molecular formula is C21H18N2O3S. The molecule has 0 bridgehead atoms. The van der Waals surface area contributed by atoms with E-state index in [-0.39, 0.29) is 6.61 Å². The van der Waals surface area contributed by atoms with Crippen LogP contribution in [0.2, 0.25) is 0 Å². The van der Waals surface area contributed by atoms with Crippen LogP contribution in [0.1, 0.15) is 22.3 Å². The molecule has 27 heavy (non-hydrogen) atoms. The number of amides is 2. The molecule has 0 fully saturated rings. The number of nitriles is 1. The lowest BCUT2D eigenvalue weighted by Crippen LogP contribution is -2.31. The number of rotatable bonds is 5. The number of hydrogen-bond donors (Lipinski definition) is 1. The summed E-state index contributed by atoms with van der Waals surface area (Å²) in [5.74, 6) is -0.473. The summed E-state index contributed by atoms with van der Waals surface area (Å²) in [5.41, 5.74) is 3.94. The number of benzene rings is 2. The maximum absolute atomic E-state index is 13.2. The fourth-order valence-corrected chi connectivity index (χ4v) is 3.89. The van der Waals surface area contributed by atoms with Crippen LogP contribution >= 0.6 is 11.8 Å². The van der Waals surface area contributed by atoms with E-state index in [0.717, 1.165) is 21.6 Å². The van der Waals surface area contributed by atoms with Crippen LogP contribution in [0.4, 0.5) is 5.69 Å². The molecule has 3 rings (SSSR count). The molecule has 1 aliphatic rings. The average Bonchev–Trinajstić information content (AvgIpc) is 2.90. The molecule has 1 aliphatic heterocycles. The third-order valence-corrected chi connectivity index (χ3v) is 5.34. The molecule has 0 spiro atoms. The van der Waals surface area contributed by atoms with Crippen LogP contribution in [0, 0.1) is 25.2 Å². The van der Waals surface area contributed by atoms with Crippen molar-refractivity contribution >= 4 is 34.8 Å². The van der Waals surface area contributed by atoms with Crippen molar-refractivity contribution in [3.63, 3.8) is 0 Å². The number of anilines is 1. The second kappa shape index (κ2) is 7.78. The van der Waals surface area contributed by atoms with Crippen molar-refractivity contribution < 1.29 is 14.7 Å². The lowest BCUT2D eigenvalue weighted by atomic mass is 9.99. The van der Waals surface area contributed by atoms with Crippen LogP contribution in [0.3, 0.4) is 0 Å². The van der Waals surface area contributed by atoms with Crippen LogP contribution < -0.4 is 4.90 Å². The summed E-state index contributed by atoms with van der Waals surface area (Å²) in [5, 5.41) is 18.1. The number of carbonyl (C=O) groups is 2. The lowest BCUT2D eigenvalue weighted by Gasteiger charge is -2.15. The predicted octanol–water partition coefficient (Wildman–Crippen LogP) is 3.19. The zero-order chi connectivity index (χ0) is 19.6. The Balaban J connectivity index is 2.09. The van der Waals surface area contributed by atoms with Crippen LogP contribution in [-0.4, -0.2) is 29.3 Å². The lowest BCUT2D eigenvalue weighted by molar-refractivity contribution is -0.119. The molecule has 136 valence electrons. The maximum Gasteiger partial charge on any atom is 0.272 e. The van der Waals surface area contributed by atoms with Gasteiger partial charge in [0, 0.05) is 5.75 Å². The van der Waals surface area contributed by atoms with Gasteiger partial charge in [0.25, 0.3) is 11.8 Å². The first-order valence-electron chi connectivity index (χ1n) is 8.42. The molecule has 0 unspecified atom stereocenters. The van der Waals surface area contributed by atoms with E-state index < -0.39 is 11.8 Å². The highest BCUT2D eigenvalue weighted by atomic mass is 32.2. The molecule has 1 N–H and O–H groups in total. The zero-order valence-corrected chi connectivity index (χ0v) is 15.8. The van der Waals surface area contributed by atoms with E-state index >= 15 is 0 Å². The Labute approximate surface area is 161 Å². The van der Waals surface area contributed by atoms with Crippen molar-refractivity contribution in [1.82, 2.24) is 0 Å². The Morgan fingerprint density at radius 2 is 1.78 bits per heavy atom. The number of aliphatic hydroxyl groups excluding tert-OH is 1. The minimum atomic E-state index is -0.405. The van der Waals surface area contributed by atoms with Crippen molar-refractivity contribution in [1.29, 1.82) is 5.26 Å². The SMILES string of the molecule is Cc1ccc(C2=C(SCCO)C(=O)N(c3ccc(C#N)cc3)C2=O)c(C)c1. The third kappa shape index (κ3) is 3.52. The molecule has 2 amide bonds. The van der Waals surface area contributed by atoms with Crippen molar-refractivity contribution in [3.8, 4) is 6.07 Å². The van der Waals surface area contributed by atoms with Gasteiger partial charge in [0.2, 0.25) is 0 Å². The molecule has 2 aromatic carbocycles. The van der Waals surface area contributed by atoms with E-state index in [1.165, 1.54) is 11.8 Å². The Bertz CT molecular complexity index is 987. The van der Waals surface area contributed by atoms with Crippen molar-refractivity contribution in [2.75, 3.05) is 17.3 Å². The third-order valence-electron chi connectivity index (χ3n) is 4.28. The molecule has 2 aromatic rings. The molecule has 0 atom stereocenters. The zero-order valence-electron chi connectivity index (χ0n) is 15.0. The van der Waals surface area contributed by atoms with Crippen LogP contribution in [0.15, 0.2) is 47.4 Å². The molecular weight excluding hydrogens is 360 g/mol. The van der Waals surface area contributed by atoms with Gasteiger partial charge in [-0.15, -0.1) is 11.8 Å². The van der Waals surface area contributed by atoms with Gasteiger partial charge in [0.1, 0.15) is 0 Å². The smallest absolute Gasteiger partial charge is 0.272 e. The van der Waals surface area contributed by atoms with Gasteiger partial charge in [0.15, 0.2) is 0 Å². The van der Waals surface area contributed by atoms with Gasteiger partial charge in [-0.2, -0.15) is 5.26 Å². The number of aliphatic hydroxyl groups is 1. The fourth-order valence-electron chi connectivity index (χ4n) is 3.04. The summed E-state index contributed by atoms with van der Waals surface area (Å²) < 4.78 is 0. The average molecular weight is 378 g/mol. The largest absolute Gasteiger partial charge is 0.396 e. The van der Waals surface area contributed by atoms with Crippen molar-refractivity contribution in [2.45, 2.75) is 13.8 Å². The molecule has 0 radical (unpaired) electrons. The Morgan fingerprint density at radius 1 is 1.07 bits per heavy atom. The van der Waals surface area contributed by atoms with E-state index in [9.17, 15) is 14.7 Å². The number of nitrogens with zero attached hydrogens (tertiary/aromatic N) is 2. The Morgan fingerprint density at radius 3 is 2.37 bits per heavy atom. The second-order valence-electron chi connectivity index (χ2n) is 6.20. The Hall–Kier alpha value is -2.88. The van der Waals surface area contributed by atoms with Gasteiger partial charge in [0.05, 0.1) is 34.4 Å². The number of aryl methyl sites for hydroxylation is 2. The minimum absolute atomic E-state index is 0.0906. The topological polar surface area (TPSA) is 81.4 Å². The number of hydrogen-bond acceptors (Lipinski definition) is 5. The quantitative estimate of drug-likeness (QED) is 0.808. The summed E-state index contributed by atoms with van der Waals surface area (Å²) in [6.45, 7) is 3.79. The van der Waals surface area contributed by atoms with E-state index in [1.807, 2.05) is 38.1 Å². The highest BCUT2D eigenvalue weighted by molar-refractivity contribution is 8.04. The molecule has 6 heteroatoms. The second-order valence-corrected chi connectivity index (χ2v) is 7.30. The van der Waals surface area contributed by atoms with Gasteiger partial charge in [-0.05, 0) is 49.2 Å². The van der Waals surface area contributed by atoms with Gasteiger partial charge in [-0.1, -0.05) is 23.8 Å². The summed E-state index contributed by atoms with van der Waals surface area (Å²) in [4.78, 5) is 27.7. The maximum atomic E-state index is 13.2. The summed E-state index contributed by atoms with van der Waals surface area (Å²) in [7, 11) is 0. The van der Waals surface area contributed by atoms with Gasteiger partial charge < -0.3 is 5.11 Å². The summed E-state index contributed by atoms with van der Waals surface area (Å²) in [6.07, 6.45) is 0. The molecule has 1 heterocycles. The predicted molar refractivity (Wildman–Crippen MR) is 106 cm³/mol. The summed E-state index contributed by atoms with van der Waals surface area (Å²) >= 11 is 1.18. The molecule has 0 aromatic heterocycles. The van der Waals surface area contributed by atoms with Crippen LogP contribution in [0.5, 0.6) is 0 Å². The molecule has 0 saturated carbocycles. The van der Waals surface area contributed by atoms with E-state index in [2.05, 4.69) is 0 Å². The number of thioether (sulfide) groups is 1. The van der Waals surface area contributed by atoms with Crippen LogP contribution in [0.25, 0.3) is 5.57 Å². The highest BCUT2D eigenvalue weighted by Gasteiger charge is 2.40. The Kier molecular flexibility index (Phi) is 5.45. The first kappa shape index (κ1) is 18.9. The van der Waals surface area contributed by atoms with Crippen molar-refractivity contribution in [2.24, 2.45) is 0 Å². The van der Waals surface area contributed by atoms with Gasteiger partial charge in [-0.25, -0.2) is 4.90 Å². The van der Waals surface area contributed by atoms with Gasteiger partial charge >= 0.3 is 0 Å². The minimum Gasteiger partial charge on any atom is -0.396 e. The first-order valence-corrected chi connectivity index (χ1v) is 9.41.